The molecule has 0 bridgehead atoms. The molecule has 0 atom stereocenters. The molecule has 1 amide bonds. The lowest BCUT2D eigenvalue weighted by atomic mass is 9.98. The molecular formula is C26H29F3N6O. The summed E-state index contributed by atoms with van der Waals surface area (Å²) in [6.07, 6.45) is 10.5. The van der Waals surface area contributed by atoms with E-state index in [9.17, 15) is 18.0 Å². The SMILES string of the molecule is CC(C)(F)CNC(=O)c1cnn2ccc(C3=CCCCc4nc(NCC(F)(F)C5CC5)ncc43)cc12. The Labute approximate surface area is 207 Å². The lowest BCUT2D eigenvalue weighted by Crippen LogP contribution is -2.35. The van der Waals surface area contributed by atoms with Crippen molar-refractivity contribution in [2.24, 2.45) is 5.92 Å². The van der Waals surface area contributed by atoms with Gasteiger partial charge in [0, 0.05) is 23.9 Å². The van der Waals surface area contributed by atoms with Crippen LogP contribution in [0, 0.1) is 5.92 Å². The highest BCUT2D eigenvalue weighted by Crippen LogP contribution is 2.43. The Morgan fingerprint density at radius 2 is 2.00 bits per heavy atom. The smallest absolute Gasteiger partial charge is 0.267 e. The van der Waals surface area contributed by atoms with E-state index in [0.29, 0.717) is 30.3 Å². The molecular weight excluding hydrogens is 469 g/mol. The Morgan fingerprint density at radius 1 is 1.19 bits per heavy atom. The second-order valence-electron chi connectivity index (χ2n) is 10.2. The van der Waals surface area contributed by atoms with Gasteiger partial charge < -0.3 is 10.6 Å². The van der Waals surface area contributed by atoms with E-state index in [1.54, 1.807) is 16.9 Å². The molecule has 0 radical (unpaired) electrons. The molecule has 10 heteroatoms. The van der Waals surface area contributed by atoms with Gasteiger partial charge in [0.15, 0.2) is 0 Å². The molecule has 0 spiro atoms. The molecule has 3 heterocycles. The average molecular weight is 499 g/mol. The normalized spacial score (nSPS) is 16.3. The second kappa shape index (κ2) is 9.22. The quantitative estimate of drug-likeness (QED) is 0.465. The van der Waals surface area contributed by atoms with Gasteiger partial charge in [0.25, 0.3) is 11.8 Å². The number of nitrogens with one attached hydrogen (secondary N) is 2. The summed E-state index contributed by atoms with van der Waals surface area (Å²) in [7, 11) is 0. The Balaban J connectivity index is 1.41. The highest BCUT2D eigenvalue weighted by atomic mass is 19.3. The molecule has 0 unspecified atom stereocenters. The number of aromatic nitrogens is 4. The first-order chi connectivity index (χ1) is 17.1. The highest BCUT2D eigenvalue weighted by molar-refractivity contribution is 6.01. The van der Waals surface area contributed by atoms with Crippen molar-refractivity contribution >= 4 is 22.9 Å². The van der Waals surface area contributed by atoms with E-state index in [0.717, 1.165) is 35.2 Å². The standard InChI is InChI=1S/C26H29F3N6O/c1-25(2,27)14-31-23(36)20-13-33-35-10-9-16(11-22(20)35)18-5-3-4-6-21-19(18)12-30-24(34-21)32-15-26(28,29)17-7-8-17/h5,9-13,17H,3-4,6-8,14-15H2,1-2H3,(H,31,36)(H,30,32,34). The molecule has 36 heavy (non-hydrogen) atoms. The lowest BCUT2D eigenvalue weighted by Gasteiger charge is -2.17. The number of allylic oxidation sites excluding steroid dienone is 1. The van der Waals surface area contributed by atoms with E-state index >= 15 is 0 Å². The van der Waals surface area contributed by atoms with Gasteiger partial charge in [-0.25, -0.2) is 27.7 Å². The number of hydrogen-bond donors (Lipinski definition) is 2. The third-order valence-corrected chi connectivity index (χ3v) is 6.53. The number of hydrogen-bond acceptors (Lipinski definition) is 5. The first-order valence-electron chi connectivity index (χ1n) is 12.2. The number of pyridine rings is 1. The lowest BCUT2D eigenvalue weighted by molar-refractivity contribution is -0.00833. The van der Waals surface area contributed by atoms with Crippen molar-refractivity contribution in [2.45, 2.75) is 57.5 Å². The minimum Gasteiger partial charge on any atom is -0.349 e. The minimum atomic E-state index is -2.76. The van der Waals surface area contributed by atoms with E-state index < -0.39 is 30.0 Å². The molecule has 3 aromatic heterocycles. The predicted octanol–water partition coefficient (Wildman–Crippen LogP) is 4.83. The summed E-state index contributed by atoms with van der Waals surface area (Å²) in [4.78, 5) is 21.6. The number of nitrogens with zero attached hydrogens (tertiary/aromatic N) is 4. The summed E-state index contributed by atoms with van der Waals surface area (Å²) in [6, 6.07) is 3.77. The number of amides is 1. The van der Waals surface area contributed by atoms with E-state index in [2.05, 4.69) is 31.8 Å². The van der Waals surface area contributed by atoms with Gasteiger partial charge in [-0.1, -0.05) is 6.08 Å². The molecule has 2 N–H and O–H groups in total. The Kier molecular flexibility index (Phi) is 6.22. The maximum Gasteiger partial charge on any atom is 0.267 e. The van der Waals surface area contributed by atoms with Crippen LogP contribution in [-0.2, 0) is 6.42 Å². The summed E-state index contributed by atoms with van der Waals surface area (Å²) >= 11 is 0. The van der Waals surface area contributed by atoms with Gasteiger partial charge in [-0.3, -0.25) is 4.79 Å². The average Bonchev–Trinajstić information content (AvgIpc) is 3.64. The fourth-order valence-electron chi connectivity index (χ4n) is 4.37. The summed E-state index contributed by atoms with van der Waals surface area (Å²) < 4.78 is 43.7. The zero-order chi connectivity index (χ0) is 25.5. The fraction of sp³-hybridized carbons (Fsp3) is 0.462. The number of carbonyl (C=O) groups excluding carboxylic acids is 1. The molecule has 190 valence electrons. The predicted molar refractivity (Wildman–Crippen MR) is 131 cm³/mol. The van der Waals surface area contributed by atoms with Crippen LogP contribution in [0.4, 0.5) is 19.1 Å². The molecule has 0 saturated heterocycles. The van der Waals surface area contributed by atoms with Crippen LogP contribution in [0.1, 0.15) is 66.7 Å². The van der Waals surface area contributed by atoms with E-state index in [-0.39, 0.29) is 12.5 Å². The number of alkyl halides is 3. The van der Waals surface area contributed by atoms with Gasteiger partial charge in [0.05, 0.1) is 36.1 Å². The molecule has 0 aromatic carbocycles. The van der Waals surface area contributed by atoms with Gasteiger partial charge in [-0.15, -0.1) is 0 Å². The zero-order valence-corrected chi connectivity index (χ0v) is 20.3. The number of halogens is 3. The Morgan fingerprint density at radius 3 is 2.75 bits per heavy atom. The van der Waals surface area contributed by atoms with Crippen LogP contribution in [0.5, 0.6) is 0 Å². The van der Waals surface area contributed by atoms with Gasteiger partial charge in [-0.05, 0) is 69.2 Å². The molecule has 1 saturated carbocycles. The molecule has 5 rings (SSSR count). The Bertz CT molecular complexity index is 1320. The number of rotatable bonds is 8. The highest BCUT2D eigenvalue weighted by Gasteiger charge is 2.46. The number of anilines is 1. The number of carbonyl (C=O) groups is 1. The maximum absolute atomic E-state index is 14.1. The third kappa shape index (κ3) is 5.22. The van der Waals surface area contributed by atoms with Crippen molar-refractivity contribution in [1.82, 2.24) is 24.9 Å². The van der Waals surface area contributed by atoms with Crippen molar-refractivity contribution in [3.63, 3.8) is 0 Å². The van der Waals surface area contributed by atoms with Crippen LogP contribution in [-0.4, -0.2) is 50.2 Å². The number of aryl methyl sites for hydroxylation is 1. The molecule has 3 aromatic rings. The monoisotopic (exact) mass is 498 g/mol. The van der Waals surface area contributed by atoms with E-state index in [4.69, 9.17) is 0 Å². The van der Waals surface area contributed by atoms with E-state index in [1.165, 1.54) is 20.0 Å². The van der Waals surface area contributed by atoms with Crippen LogP contribution < -0.4 is 10.6 Å². The summed E-state index contributed by atoms with van der Waals surface area (Å²) in [5, 5.41) is 9.59. The van der Waals surface area contributed by atoms with Crippen LogP contribution in [0.15, 0.2) is 36.8 Å². The van der Waals surface area contributed by atoms with Crippen LogP contribution in [0.2, 0.25) is 0 Å². The molecule has 7 nitrogen and oxygen atoms in total. The fourth-order valence-corrected chi connectivity index (χ4v) is 4.37. The van der Waals surface area contributed by atoms with Gasteiger partial charge >= 0.3 is 0 Å². The summed E-state index contributed by atoms with van der Waals surface area (Å²) in [6.45, 7) is 2.22. The molecule has 2 aliphatic rings. The third-order valence-electron chi connectivity index (χ3n) is 6.53. The zero-order valence-electron chi connectivity index (χ0n) is 20.3. The van der Waals surface area contributed by atoms with Crippen LogP contribution in [0.25, 0.3) is 11.1 Å². The molecule has 1 fully saturated rings. The van der Waals surface area contributed by atoms with E-state index in [1.807, 2.05) is 12.1 Å². The van der Waals surface area contributed by atoms with Gasteiger partial charge in [-0.2, -0.15) is 5.10 Å². The first-order valence-corrected chi connectivity index (χ1v) is 12.2. The van der Waals surface area contributed by atoms with Crippen molar-refractivity contribution in [1.29, 1.82) is 0 Å². The molecule has 2 aliphatic carbocycles. The van der Waals surface area contributed by atoms with Crippen molar-refractivity contribution < 1.29 is 18.0 Å². The van der Waals surface area contributed by atoms with Gasteiger partial charge in [0.1, 0.15) is 5.67 Å². The van der Waals surface area contributed by atoms with Crippen molar-refractivity contribution in [2.75, 3.05) is 18.4 Å². The number of fused-ring (bicyclic) bond motifs is 2. The topological polar surface area (TPSA) is 84.2 Å². The maximum atomic E-state index is 14.1. The minimum absolute atomic E-state index is 0.109. The van der Waals surface area contributed by atoms with Crippen molar-refractivity contribution in [3.05, 3.63) is 59.2 Å². The second-order valence-corrected chi connectivity index (χ2v) is 10.2. The molecule has 0 aliphatic heterocycles. The summed E-state index contributed by atoms with van der Waals surface area (Å²) in [5.74, 6) is -3.50. The van der Waals surface area contributed by atoms with Gasteiger partial charge in [0.2, 0.25) is 5.95 Å². The largest absolute Gasteiger partial charge is 0.349 e. The first kappa shape index (κ1) is 24.3. The van der Waals surface area contributed by atoms with Crippen LogP contribution >= 0.6 is 0 Å². The summed E-state index contributed by atoms with van der Waals surface area (Å²) in [5.41, 5.74) is 2.81. The Hall–Kier alpha value is -3.43. The van der Waals surface area contributed by atoms with Crippen LogP contribution in [0.3, 0.4) is 0 Å². The van der Waals surface area contributed by atoms with Crippen molar-refractivity contribution in [3.8, 4) is 0 Å².